The van der Waals surface area contributed by atoms with E-state index in [4.69, 9.17) is 5.26 Å². The summed E-state index contributed by atoms with van der Waals surface area (Å²) >= 11 is 1.89. The van der Waals surface area contributed by atoms with Crippen molar-refractivity contribution in [2.24, 2.45) is 0 Å². The van der Waals surface area contributed by atoms with Crippen LogP contribution in [0.5, 0.6) is 0 Å². The fraction of sp³-hybridized carbons (Fsp3) is 0.889. The van der Waals surface area contributed by atoms with E-state index in [1.165, 1.54) is 12.2 Å². The minimum Gasteiger partial charge on any atom is -0.303 e. The molecule has 0 fully saturated rings. The quantitative estimate of drug-likeness (QED) is 0.569. The van der Waals surface area contributed by atoms with Crippen molar-refractivity contribution in [2.75, 3.05) is 31.6 Å². The van der Waals surface area contributed by atoms with Crippen molar-refractivity contribution in [3.05, 3.63) is 0 Å². The zero-order chi connectivity index (χ0) is 9.23. The van der Waals surface area contributed by atoms with Crippen molar-refractivity contribution >= 4 is 11.8 Å². The van der Waals surface area contributed by atoms with E-state index in [9.17, 15) is 0 Å². The smallest absolute Gasteiger partial charge is 0.0635 e. The molecule has 0 saturated heterocycles. The first-order valence-corrected chi connectivity index (χ1v) is 5.82. The Morgan fingerprint density at radius 2 is 2.17 bits per heavy atom. The third kappa shape index (κ3) is 6.51. The van der Waals surface area contributed by atoms with E-state index < -0.39 is 0 Å². The molecule has 0 unspecified atom stereocenters. The van der Waals surface area contributed by atoms with Crippen LogP contribution in [0.25, 0.3) is 0 Å². The second kappa shape index (κ2) is 8.89. The van der Waals surface area contributed by atoms with E-state index in [2.05, 4.69) is 24.1 Å². The molecule has 0 aliphatic carbocycles. The van der Waals surface area contributed by atoms with Gasteiger partial charge in [0.15, 0.2) is 0 Å². The van der Waals surface area contributed by atoms with E-state index >= 15 is 0 Å². The van der Waals surface area contributed by atoms with Crippen molar-refractivity contribution in [3.63, 3.8) is 0 Å². The van der Waals surface area contributed by atoms with E-state index in [1.54, 1.807) is 0 Å². The molecule has 0 atom stereocenters. The summed E-state index contributed by atoms with van der Waals surface area (Å²) in [6.07, 6.45) is 4.03. The lowest BCUT2D eigenvalue weighted by atomic mass is 10.3. The van der Waals surface area contributed by atoms with Crippen molar-refractivity contribution in [2.45, 2.75) is 19.8 Å². The molecule has 0 N–H and O–H groups in total. The Labute approximate surface area is 79.9 Å². The van der Waals surface area contributed by atoms with Crippen LogP contribution in [0.3, 0.4) is 0 Å². The Balaban J connectivity index is 3.34. The number of nitriles is 1. The highest BCUT2D eigenvalue weighted by molar-refractivity contribution is 7.98. The number of hydrogen-bond acceptors (Lipinski definition) is 3. The Hall–Kier alpha value is -0.200. The van der Waals surface area contributed by atoms with Gasteiger partial charge in [-0.1, -0.05) is 6.92 Å². The summed E-state index contributed by atoms with van der Waals surface area (Å²) in [6.45, 7) is 5.28. The molecule has 0 bridgehead atoms. The molecular formula is C9H18N2S. The van der Waals surface area contributed by atoms with Crippen molar-refractivity contribution in [1.82, 2.24) is 4.90 Å². The average molecular weight is 186 g/mol. The molecule has 0 aromatic rings. The molecule has 70 valence electrons. The zero-order valence-corrected chi connectivity index (χ0v) is 8.86. The van der Waals surface area contributed by atoms with E-state index in [0.29, 0.717) is 6.42 Å². The first-order valence-electron chi connectivity index (χ1n) is 4.43. The monoisotopic (exact) mass is 186 g/mol. The largest absolute Gasteiger partial charge is 0.303 e. The second-order valence-electron chi connectivity index (χ2n) is 2.69. The van der Waals surface area contributed by atoms with Gasteiger partial charge >= 0.3 is 0 Å². The van der Waals surface area contributed by atoms with Crippen molar-refractivity contribution < 1.29 is 0 Å². The molecule has 0 saturated carbocycles. The van der Waals surface area contributed by atoms with Crippen LogP contribution in [-0.4, -0.2) is 36.5 Å². The van der Waals surface area contributed by atoms with Gasteiger partial charge in [-0.05, 0) is 31.5 Å². The highest BCUT2D eigenvalue weighted by atomic mass is 32.2. The van der Waals surface area contributed by atoms with Gasteiger partial charge in [-0.3, -0.25) is 0 Å². The molecule has 0 rings (SSSR count). The molecule has 0 aliphatic heterocycles. The minimum atomic E-state index is 0.660. The molecule has 0 aromatic carbocycles. The summed E-state index contributed by atoms with van der Waals surface area (Å²) in [7, 11) is 0. The molecule has 0 radical (unpaired) electrons. The van der Waals surface area contributed by atoms with Crippen LogP contribution in [0, 0.1) is 11.3 Å². The van der Waals surface area contributed by atoms with E-state index in [1.807, 2.05) is 11.8 Å². The normalized spacial score (nSPS) is 10.2. The molecule has 3 heteroatoms. The predicted octanol–water partition coefficient (Wildman–Crippen LogP) is 1.98. The summed E-state index contributed by atoms with van der Waals surface area (Å²) < 4.78 is 0. The van der Waals surface area contributed by atoms with Gasteiger partial charge in [-0.2, -0.15) is 17.0 Å². The van der Waals surface area contributed by atoms with Gasteiger partial charge in [-0.15, -0.1) is 0 Å². The fourth-order valence-corrected chi connectivity index (χ4v) is 1.49. The maximum atomic E-state index is 8.40. The lowest BCUT2D eigenvalue weighted by molar-refractivity contribution is 0.296. The number of thioether (sulfide) groups is 1. The first-order chi connectivity index (χ1) is 5.85. The maximum absolute atomic E-state index is 8.40. The highest BCUT2D eigenvalue weighted by Crippen LogP contribution is 1.98. The van der Waals surface area contributed by atoms with Gasteiger partial charge in [0.2, 0.25) is 0 Å². The van der Waals surface area contributed by atoms with Crippen LogP contribution < -0.4 is 0 Å². The lowest BCUT2D eigenvalue weighted by Gasteiger charge is -2.17. The van der Waals surface area contributed by atoms with Gasteiger partial charge in [0.05, 0.1) is 6.07 Å². The molecule has 12 heavy (non-hydrogen) atoms. The van der Waals surface area contributed by atoms with Gasteiger partial charge in [0.1, 0.15) is 0 Å². The van der Waals surface area contributed by atoms with Crippen LogP contribution in [0.1, 0.15) is 19.8 Å². The van der Waals surface area contributed by atoms with E-state index in [-0.39, 0.29) is 0 Å². The average Bonchev–Trinajstić information content (AvgIpc) is 2.11. The topological polar surface area (TPSA) is 27.0 Å². The summed E-state index contributed by atoms with van der Waals surface area (Å²) in [6, 6.07) is 2.18. The zero-order valence-electron chi connectivity index (χ0n) is 8.05. The highest BCUT2D eigenvalue weighted by Gasteiger charge is 1.99. The first kappa shape index (κ1) is 11.8. The third-order valence-electron chi connectivity index (χ3n) is 1.81. The number of nitrogens with zero attached hydrogens (tertiary/aromatic N) is 2. The van der Waals surface area contributed by atoms with Crippen LogP contribution in [0.15, 0.2) is 0 Å². The number of hydrogen-bond donors (Lipinski definition) is 0. The minimum absolute atomic E-state index is 0.660. The van der Waals surface area contributed by atoms with Gasteiger partial charge in [0.25, 0.3) is 0 Å². The lowest BCUT2D eigenvalue weighted by Crippen LogP contribution is -2.25. The maximum Gasteiger partial charge on any atom is 0.0635 e. The van der Waals surface area contributed by atoms with E-state index in [0.717, 1.165) is 19.6 Å². The molecule has 0 aromatic heterocycles. The SMILES string of the molecule is CCN(CCC#N)CCCSC. The van der Waals surface area contributed by atoms with Crippen molar-refractivity contribution in [3.8, 4) is 6.07 Å². The number of rotatable bonds is 7. The fourth-order valence-electron chi connectivity index (χ4n) is 1.07. The van der Waals surface area contributed by atoms with Crippen LogP contribution >= 0.6 is 11.8 Å². The summed E-state index contributed by atoms with van der Waals surface area (Å²) in [5, 5.41) is 8.40. The summed E-state index contributed by atoms with van der Waals surface area (Å²) in [5.74, 6) is 1.23. The Morgan fingerprint density at radius 3 is 2.67 bits per heavy atom. The molecule has 2 nitrogen and oxygen atoms in total. The Bertz CT molecular complexity index is 131. The van der Waals surface area contributed by atoms with Gasteiger partial charge in [-0.25, -0.2) is 0 Å². The predicted molar refractivity (Wildman–Crippen MR) is 55.3 cm³/mol. The standard InChI is InChI=1S/C9H18N2S/c1-3-11(7-4-6-10)8-5-9-12-2/h3-5,7-9H2,1-2H3. The molecule has 0 heterocycles. The molecular weight excluding hydrogens is 168 g/mol. The Morgan fingerprint density at radius 1 is 1.42 bits per heavy atom. The van der Waals surface area contributed by atoms with Gasteiger partial charge < -0.3 is 4.90 Å². The van der Waals surface area contributed by atoms with Crippen LogP contribution in [0.2, 0.25) is 0 Å². The molecule has 0 spiro atoms. The van der Waals surface area contributed by atoms with Crippen LogP contribution in [0.4, 0.5) is 0 Å². The third-order valence-corrected chi connectivity index (χ3v) is 2.51. The summed E-state index contributed by atoms with van der Waals surface area (Å²) in [5.41, 5.74) is 0. The summed E-state index contributed by atoms with van der Waals surface area (Å²) in [4.78, 5) is 2.33. The second-order valence-corrected chi connectivity index (χ2v) is 3.67. The Kier molecular flexibility index (Phi) is 8.74. The van der Waals surface area contributed by atoms with Crippen molar-refractivity contribution in [1.29, 1.82) is 5.26 Å². The van der Waals surface area contributed by atoms with Gasteiger partial charge in [0, 0.05) is 13.0 Å². The molecule has 0 aliphatic rings. The van der Waals surface area contributed by atoms with Crippen LogP contribution in [-0.2, 0) is 0 Å². The molecule has 0 amide bonds.